The van der Waals surface area contributed by atoms with Crippen LogP contribution in [0.1, 0.15) is 25.7 Å². The summed E-state index contributed by atoms with van der Waals surface area (Å²) in [5.41, 5.74) is 0.728. The first kappa shape index (κ1) is 17.1. The summed E-state index contributed by atoms with van der Waals surface area (Å²) in [4.78, 5) is 10.9. The van der Waals surface area contributed by atoms with Crippen LogP contribution in [0, 0.1) is 5.92 Å². The Hall–Kier alpha value is -1.71. The highest BCUT2D eigenvalue weighted by atomic mass is 32.2. The summed E-state index contributed by atoms with van der Waals surface area (Å²) in [6.07, 6.45) is 7.34. The van der Waals surface area contributed by atoms with Crippen LogP contribution in [0.2, 0.25) is 0 Å². The lowest BCUT2D eigenvalue weighted by Gasteiger charge is -2.35. The summed E-state index contributed by atoms with van der Waals surface area (Å²) >= 11 is 0. The van der Waals surface area contributed by atoms with E-state index in [2.05, 4.69) is 19.6 Å². The second-order valence-corrected chi connectivity index (χ2v) is 7.10. The lowest BCUT2D eigenvalue weighted by molar-refractivity contribution is 0.215. The monoisotopic (exact) mass is 353 g/mol. The number of aromatic nitrogens is 3. The molecule has 0 unspecified atom stereocenters. The zero-order chi connectivity index (χ0) is 17.1. The maximum atomic E-state index is 10.6. The highest BCUT2D eigenvalue weighted by molar-refractivity contribution is 7.70. The van der Waals surface area contributed by atoms with Gasteiger partial charge in [-0.1, -0.05) is 0 Å². The van der Waals surface area contributed by atoms with Crippen molar-refractivity contribution in [2.45, 2.75) is 38.5 Å². The topological polar surface area (TPSA) is 100 Å². The molecule has 3 rings (SSSR count). The summed E-state index contributed by atoms with van der Waals surface area (Å²) in [7, 11) is -0.467. The SMILES string of the molecule is CN(c1ncnc2c1ccn2CO)[C@H]1CC[C@H](CN[SH](=O)=O)CC1. The average Bonchev–Trinajstić information content (AvgIpc) is 3.03. The molecule has 0 atom stereocenters. The van der Waals surface area contributed by atoms with Gasteiger partial charge < -0.3 is 14.6 Å². The van der Waals surface area contributed by atoms with Gasteiger partial charge in [-0.2, -0.15) is 0 Å². The van der Waals surface area contributed by atoms with E-state index in [9.17, 15) is 13.5 Å². The molecule has 24 heavy (non-hydrogen) atoms. The van der Waals surface area contributed by atoms with Crippen molar-refractivity contribution in [1.29, 1.82) is 0 Å². The molecule has 0 saturated heterocycles. The molecule has 8 nitrogen and oxygen atoms in total. The largest absolute Gasteiger partial charge is 0.376 e. The molecule has 1 aliphatic rings. The van der Waals surface area contributed by atoms with E-state index in [1.54, 1.807) is 4.57 Å². The Morgan fingerprint density at radius 3 is 2.75 bits per heavy atom. The van der Waals surface area contributed by atoms with Crippen LogP contribution < -0.4 is 9.62 Å². The van der Waals surface area contributed by atoms with Crippen molar-refractivity contribution in [2.24, 2.45) is 5.92 Å². The van der Waals surface area contributed by atoms with E-state index in [1.807, 2.05) is 19.3 Å². The van der Waals surface area contributed by atoms with Crippen molar-refractivity contribution in [3.63, 3.8) is 0 Å². The first-order chi connectivity index (χ1) is 11.6. The van der Waals surface area contributed by atoms with Crippen LogP contribution >= 0.6 is 0 Å². The van der Waals surface area contributed by atoms with E-state index in [0.29, 0.717) is 18.5 Å². The molecule has 0 aliphatic heterocycles. The van der Waals surface area contributed by atoms with Gasteiger partial charge >= 0.3 is 0 Å². The molecule has 1 fully saturated rings. The first-order valence-electron chi connectivity index (χ1n) is 8.11. The fraction of sp³-hybridized carbons (Fsp3) is 0.600. The maximum absolute atomic E-state index is 10.6. The molecule has 2 aromatic heterocycles. The van der Waals surface area contributed by atoms with Crippen LogP contribution in [0.25, 0.3) is 11.0 Å². The van der Waals surface area contributed by atoms with Gasteiger partial charge in [-0.25, -0.2) is 23.1 Å². The van der Waals surface area contributed by atoms with Gasteiger partial charge in [-0.15, -0.1) is 0 Å². The number of hydrogen-bond acceptors (Lipinski definition) is 6. The van der Waals surface area contributed by atoms with Gasteiger partial charge in [0.2, 0.25) is 10.9 Å². The minimum Gasteiger partial charge on any atom is -0.376 e. The van der Waals surface area contributed by atoms with E-state index in [-0.39, 0.29) is 6.73 Å². The normalized spacial score (nSPS) is 21.5. The van der Waals surface area contributed by atoms with Crippen molar-refractivity contribution in [2.75, 3.05) is 18.5 Å². The maximum Gasteiger partial charge on any atom is 0.201 e. The smallest absolute Gasteiger partial charge is 0.201 e. The van der Waals surface area contributed by atoms with Crippen molar-refractivity contribution < 1.29 is 13.5 Å². The number of nitrogens with zero attached hydrogens (tertiary/aromatic N) is 4. The molecule has 0 radical (unpaired) electrons. The van der Waals surface area contributed by atoms with Gasteiger partial charge in [0, 0.05) is 25.8 Å². The molecule has 0 amide bonds. The average molecular weight is 353 g/mol. The van der Waals surface area contributed by atoms with Gasteiger partial charge in [0.1, 0.15) is 24.5 Å². The predicted molar refractivity (Wildman–Crippen MR) is 92.2 cm³/mol. The number of aliphatic hydroxyl groups excluding tert-OH is 1. The van der Waals surface area contributed by atoms with Crippen molar-refractivity contribution >= 4 is 27.7 Å². The molecular formula is C15H23N5O3S. The number of aliphatic hydroxyl groups is 1. The van der Waals surface area contributed by atoms with E-state index in [1.165, 1.54) is 6.33 Å². The number of rotatable bonds is 6. The van der Waals surface area contributed by atoms with E-state index >= 15 is 0 Å². The van der Waals surface area contributed by atoms with Crippen LogP contribution in [0.15, 0.2) is 18.6 Å². The third-order valence-electron chi connectivity index (χ3n) is 4.89. The molecule has 9 heteroatoms. The van der Waals surface area contributed by atoms with Gasteiger partial charge in [0.15, 0.2) is 0 Å². The molecule has 2 N–H and O–H groups in total. The number of anilines is 1. The Morgan fingerprint density at radius 1 is 1.33 bits per heavy atom. The third-order valence-corrected chi connectivity index (χ3v) is 5.34. The van der Waals surface area contributed by atoms with Crippen LogP contribution in [0.4, 0.5) is 5.82 Å². The van der Waals surface area contributed by atoms with E-state index in [4.69, 9.17) is 0 Å². The standard InChI is InChI=1S/C15H23N5O3S/c1-19(12-4-2-11(3-5-12)8-18-24(22)23)14-13-6-7-20(10-21)15(13)17-9-16-14/h6-7,9,11-12,21,24H,2-5,8,10H2,1H3,(H,18,22,23)/t11-,12-. The lowest BCUT2D eigenvalue weighted by atomic mass is 9.85. The molecule has 2 heterocycles. The highest BCUT2D eigenvalue weighted by Crippen LogP contribution is 2.31. The number of fused-ring (bicyclic) bond motifs is 1. The molecule has 1 aliphatic carbocycles. The van der Waals surface area contributed by atoms with Crippen LogP contribution in [0.5, 0.6) is 0 Å². The Labute approximate surface area is 142 Å². The fourth-order valence-corrected chi connectivity index (χ4v) is 3.91. The predicted octanol–water partition coefficient (Wildman–Crippen LogP) is 0.492. The van der Waals surface area contributed by atoms with Crippen molar-refractivity contribution in [3.05, 3.63) is 18.6 Å². The number of hydrogen-bond donors (Lipinski definition) is 3. The molecule has 1 saturated carbocycles. The van der Waals surface area contributed by atoms with Crippen LogP contribution in [-0.2, 0) is 17.6 Å². The molecule has 0 bridgehead atoms. The summed E-state index contributed by atoms with van der Waals surface area (Å²) in [6, 6.07) is 2.30. The minimum absolute atomic E-state index is 0.107. The van der Waals surface area contributed by atoms with Crippen LogP contribution in [-0.4, -0.2) is 47.7 Å². The summed E-state index contributed by atoms with van der Waals surface area (Å²) in [6.45, 7) is 0.427. The first-order valence-corrected chi connectivity index (χ1v) is 9.29. The Kier molecular flexibility index (Phi) is 5.32. The summed E-state index contributed by atoms with van der Waals surface area (Å²) in [5, 5.41) is 10.3. The number of thiol groups is 1. The second-order valence-electron chi connectivity index (χ2n) is 6.27. The lowest BCUT2D eigenvalue weighted by Crippen LogP contribution is -2.37. The molecule has 0 spiro atoms. The molecular weight excluding hydrogens is 330 g/mol. The highest BCUT2D eigenvalue weighted by Gasteiger charge is 2.26. The van der Waals surface area contributed by atoms with Crippen molar-refractivity contribution in [1.82, 2.24) is 19.3 Å². The molecule has 132 valence electrons. The fourth-order valence-electron chi connectivity index (χ4n) is 3.50. The quantitative estimate of drug-likeness (QED) is 0.654. The summed E-state index contributed by atoms with van der Waals surface area (Å²) in [5.74, 6) is 1.28. The van der Waals surface area contributed by atoms with Gasteiger partial charge in [-0.05, 0) is 37.7 Å². The van der Waals surface area contributed by atoms with Gasteiger partial charge in [-0.3, -0.25) is 0 Å². The van der Waals surface area contributed by atoms with E-state index in [0.717, 1.165) is 42.5 Å². The van der Waals surface area contributed by atoms with Crippen LogP contribution in [0.3, 0.4) is 0 Å². The minimum atomic E-state index is -2.50. The molecule has 0 aromatic carbocycles. The Bertz CT molecular complexity index is 760. The van der Waals surface area contributed by atoms with Gasteiger partial charge in [0.05, 0.1) is 5.39 Å². The van der Waals surface area contributed by atoms with E-state index < -0.39 is 10.9 Å². The van der Waals surface area contributed by atoms with Crippen molar-refractivity contribution in [3.8, 4) is 0 Å². The van der Waals surface area contributed by atoms with Gasteiger partial charge in [0.25, 0.3) is 0 Å². The Morgan fingerprint density at radius 2 is 2.08 bits per heavy atom. The second kappa shape index (κ2) is 7.45. The number of nitrogens with one attached hydrogen (secondary N) is 1. The molecule has 2 aromatic rings. The zero-order valence-corrected chi connectivity index (χ0v) is 14.5. The Balaban J connectivity index is 1.69. The summed E-state index contributed by atoms with van der Waals surface area (Å²) < 4.78 is 25.5. The third kappa shape index (κ3) is 3.52. The zero-order valence-electron chi connectivity index (χ0n) is 13.6.